The van der Waals surface area contributed by atoms with Gasteiger partial charge in [0, 0.05) is 31.0 Å². The Kier molecular flexibility index (Phi) is 5.33. The number of carbonyl (C=O) groups is 2. The molecule has 0 radical (unpaired) electrons. The highest BCUT2D eigenvalue weighted by atomic mass is 16.3. The lowest BCUT2D eigenvalue weighted by Gasteiger charge is -2.07. The van der Waals surface area contributed by atoms with Crippen LogP contribution in [-0.2, 0) is 11.2 Å². The number of aromatic nitrogens is 3. The summed E-state index contributed by atoms with van der Waals surface area (Å²) in [5, 5.41) is 5.31. The van der Waals surface area contributed by atoms with Crippen molar-refractivity contribution < 1.29 is 14.0 Å². The van der Waals surface area contributed by atoms with Crippen LogP contribution in [0.3, 0.4) is 0 Å². The first-order valence-corrected chi connectivity index (χ1v) is 7.98. The highest BCUT2D eigenvalue weighted by molar-refractivity contribution is 6.02. The fourth-order valence-electron chi connectivity index (χ4n) is 2.25. The molecule has 3 rings (SSSR count). The lowest BCUT2D eigenvalue weighted by Crippen LogP contribution is -2.18. The number of anilines is 1. The minimum Gasteiger partial charge on any atom is -0.463 e. The number of pyridine rings is 1. The molecule has 0 spiro atoms. The number of nitrogens with zero attached hydrogens (tertiary/aromatic N) is 3. The van der Waals surface area contributed by atoms with E-state index in [0.717, 1.165) is 0 Å². The van der Waals surface area contributed by atoms with Crippen LogP contribution in [0.2, 0.25) is 0 Å². The fourth-order valence-corrected chi connectivity index (χ4v) is 2.25. The SMILES string of the molecule is CNC(=O)CCc1cc(NC(=O)c2cnc(-c3ccco3)cn2)ccn1. The highest BCUT2D eigenvalue weighted by Crippen LogP contribution is 2.16. The van der Waals surface area contributed by atoms with E-state index in [-0.39, 0.29) is 17.5 Å². The molecule has 0 saturated heterocycles. The first-order chi connectivity index (χ1) is 12.7. The summed E-state index contributed by atoms with van der Waals surface area (Å²) in [4.78, 5) is 36.1. The Morgan fingerprint density at radius 2 is 2.04 bits per heavy atom. The summed E-state index contributed by atoms with van der Waals surface area (Å²) in [6.45, 7) is 0. The van der Waals surface area contributed by atoms with E-state index in [9.17, 15) is 9.59 Å². The van der Waals surface area contributed by atoms with Crippen LogP contribution in [0.1, 0.15) is 22.6 Å². The molecule has 2 amide bonds. The van der Waals surface area contributed by atoms with E-state index in [1.54, 1.807) is 43.8 Å². The lowest BCUT2D eigenvalue weighted by molar-refractivity contribution is -0.120. The molecule has 0 aliphatic heterocycles. The van der Waals surface area contributed by atoms with Crippen molar-refractivity contribution >= 4 is 17.5 Å². The predicted octanol–water partition coefficient (Wildman–Crippen LogP) is 2.06. The monoisotopic (exact) mass is 351 g/mol. The van der Waals surface area contributed by atoms with Gasteiger partial charge in [0.05, 0.1) is 18.7 Å². The van der Waals surface area contributed by atoms with Crippen LogP contribution in [0.5, 0.6) is 0 Å². The number of hydrogen-bond donors (Lipinski definition) is 2. The molecule has 8 heteroatoms. The second kappa shape index (κ2) is 8.02. The van der Waals surface area contributed by atoms with E-state index in [0.29, 0.717) is 35.7 Å². The number of rotatable bonds is 6. The first-order valence-electron chi connectivity index (χ1n) is 7.98. The van der Waals surface area contributed by atoms with Gasteiger partial charge in [0.1, 0.15) is 11.4 Å². The Hall–Kier alpha value is -3.55. The molecule has 3 aromatic heterocycles. The van der Waals surface area contributed by atoms with Crippen LogP contribution in [0.4, 0.5) is 5.69 Å². The van der Waals surface area contributed by atoms with E-state index >= 15 is 0 Å². The minimum atomic E-state index is -0.382. The molecule has 0 bridgehead atoms. The topological polar surface area (TPSA) is 110 Å². The van der Waals surface area contributed by atoms with Crippen LogP contribution in [0.15, 0.2) is 53.5 Å². The summed E-state index contributed by atoms with van der Waals surface area (Å²) in [7, 11) is 1.59. The van der Waals surface area contributed by atoms with Gasteiger partial charge in [-0.2, -0.15) is 0 Å². The average Bonchev–Trinajstić information content (AvgIpc) is 3.21. The highest BCUT2D eigenvalue weighted by Gasteiger charge is 2.11. The lowest BCUT2D eigenvalue weighted by atomic mass is 10.2. The minimum absolute atomic E-state index is 0.0619. The van der Waals surface area contributed by atoms with Crippen molar-refractivity contribution in [3.63, 3.8) is 0 Å². The Balaban J connectivity index is 1.65. The fraction of sp³-hybridized carbons (Fsp3) is 0.167. The van der Waals surface area contributed by atoms with Crippen LogP contribution in [0, 0.1) is 0 Å². The average molecular weight is 351 g/mol. The number of nitrogens with one attached hydrogen (secondary N) is 2. The number of aryl methyl sites for hydroxylation is 1. The van der Waals surface area contributed by atoms with Gasteiger partial charge in [0.2, 0.25) is 5.91 Å². The van der Waals surface area contributed by atoms with Gasteiger partial charge in [0.25, 0.3) is 5.91 Å². The van der Waals surface area contributed by atoms with Gasteiger partial charge >= 0.3 is 0 Å². The van der Waals surface area contributed by atoms with Crippen molar-refractivity contribution in [3.8, 4) is 11.5 Å². The van der Waals surface area contributed by atoms with Gasteiger partial charge < -0.3 is 15.1 Å². The van der Waals surface area contributed by atoms with E-state index < -0.39 is 0 Å². The van der Waals surface area contributed by atoms with Crippen molar-refractivity contribution in [2.24, 2.45) is 0 Å². The molecule has 0 atom stereocenters. The van der Waals surface area contributed by atoms with Crippen LogP contribution < -0.4 is 10.6 Å². The molecule has 132 valence electrons. The molecule has 3 heterocycles. The third kappa shape index (κ3) is 4.29. The summed E-state index contributed by atoms with van der Waals surface area (Å²) >= 11 is 0. The zero-order valence-corrected chi connectivity index (χ0v) is 14.1. The van der Waals surface area contributed by atoms with E-state index in [1.807, 2.05) is 0 Å². The molecule has 26 heavy (non-hydrogen) atoms. The summed E-state index contributed by atoms with van der Waals surface area (Å²) in [5.41, 5.74) is 2.02. The summed E-state index contributed by atoms with van der Waals surface area (Å²) < 4.78 is 5.24. The molecule has 0 aliphatic carbocycles. The number of amides is 2. The molecular weight excluding hydrogens is 334 g/mol. The molecule has 3 aromatic rings. The molecular formula is C18H17N5O3. The van der Waals surface area contributed by atoms with Gasteiger partial charge in [-0.05, 0) is 30.7 Å². The maximum Gasteiger partial charge on any atom is 0.275 e. The van der Waals surface area contributed by atoms with Crippen LogP contribution in [-0.4, -0.2) is 33.8 Å². The van der Waals surface area contributed by atoms with Gasteiger partial charge in [-0.25, -0.2) is 9.97 Å². The Morgan fingerprint density at radius 1 is 1.15 bits per heavy atom. The third-order valence-corrected chi connectivity index (χ3v) is 3.62. The maximum absolute atomic E-state index is 12.3. The number of carbonyl (C=O) groups excluding carboxylic acids is 2. The summed E-state index contributed by atoms with van der Waals surface area (Å²) in [5.74, 6) is 0.138. The zero-order chi connectivity index (χ0) is 18.4. The number of furan rings is 1. The Bertz CT molecular complexity index is 891. The standard InChI is InChI=1S/C18H17N5O3/c1-19-17(24)5-4-12-9-13(6-7-20-12)23-18(25)15-11-21-14(10-22-15)16-3-2-8-26-16/h2-3,6-11H,4-5H2,1H3,(H,19,24)(H,20,23,25). The molecule has 0 aliphatic rings. The van der Waals surface area contributed by atoms with Gasteiger partial charge in [-0.15, -0.1) is 0 Å². The second-order valence-electron chi connectivity index (χ2n) is 5.43. The Labute approximate surface area is 149 Å². The van der Waals surface area contributed by atoms with Crippen molar-refractivity contribution in [2.45, 2.75) is 12.8 Å². The second-order valence-corrected chi connectivity index (χ2v) is 5.43. The molecule has 0 aromatic carbocycles. The van der Waals surface area contributed by atoms with Crippen LogP contribution >= 0.6 is 0 Å². The number of hydrogen-bond acceptors (Lipinski definition) is 6. The molecule has 8 nitrogen and oxygen atoms in total. The van der Waals surface area contributed by atoms with Crippen molar-refractivity contribution in [2.75, 3.05) is 12.4 Å². The third-order valence-electron chi connectivity index (χ3n) is 3.62. The largest absolute Gasteiger partial charge is 0.463 e. The predicted molar refractivity (Wildman–Crippen MR) is 94.3 cm³/mol. The normalized spacial score (nSPS) is 10.3. The van der Waals surface area contributed by atoms with Crippen molar-refractivity contribution in [1.82, 2.24) is 20.3 Å². The van der Waals surface area contributed by atoms with Gasteiger partial charge in [0.15, 0.2) is 5.76 Å². The van der Waals surface area contributed by atoms with Crippen molar-refractivity contribution in [3.05, 3.63) is 60.5 Å². The Morgan fingerprint density at radius 3 is 2.73 bits per heavy atom. The molecule has 0 fully saturated rings. The van der Waals surface area contributed by atoms with Gasteiger partial charge in [-0.1, -0.05) is 0 Å². The van der Waals surface area contributed by atoms with Crippen molar-refractivity contribution in [1.29, 1.82) is 0 Å². The zero-order valence-electron chi connectivity index (χ0n) is 14.1. The van der Waals surface area contributed by atoms with Gasteiger partial charge in [-0.3, -0.25) is 14.6 Å². The quantitative estimate of drug-likeness (QED) is 0.703. The van der Waals surface area contributed by atoms with Crippen LogP contribution in [0.25, 0.3) is 11.5 Å². The summed E-state index contributed by atoms with van der Waals surface area (Å²) in [6.07, 6.45) is 6.82. The molecule has 2 N–H and O–H groups in total. The van der Waals surface area contributed by atoms with E-state index in [2.05, 4.69) is 25.6 Å². The summed E-state index contributed by atoms with van der Waals surface area (Å²) in [6, 6.07) is 6.92. The maximum atomic E-state index is 12.3. The smallest absolute Gasteiger partial charge is 0.275 e. The molecule has 0 unspecified atom stereocenters. The van der Waals surface area contributed by atoms with E-state index in [4.69, 9.17) is 4.42 Å². The van der Waals surface area contributed by atoms with E-state index in [1.165, 1.54) is 12.4 Å². The first kappa shape index (κ1) is 17.3. The molecule has 0 saturated carbocycles.